The summed E-state index contributed by atoms with van der Waals surface area (Å²) in [5.41, 5.74) is 3.82. The predicted octanol–water partition coefficient (Wildman–Crippen LogP) is 2.04. The Morgan fingerprint density at radius 2 is 1.77 bits per heavy atom. The molecule has 2 aromatic carbocycles. The fourth-order valence-corrected chi connectivity index (χ4v) is 2.91. The quantitative estimate of drug-likeness (QED) is 0.582. The number of rotatable bonds is 6. The summed E-state index contributed by atoms with van der Waals surface area (Å²) >= 11 is 11.8. The molecule has 0 aliphatic rings. The zero-order chi connectivity index (χ0) is 21.8. The molecule has 3 aromatic rings. The van der Waals surface area contributed by atoms with E-state index in [9.17, 15) is 19.5 Å². The van der Waals surface area contributed by atoms with E-state index in [2.05, 4.69) is 9.84 Å². The molecule has 12 heteroatoms. The van der Waals surface area contributed by atoms with E-state index in [1.165, 1.54) is 12.1 Å². The SMILES string of the molecule is NC(=O)Oc1nn(-c2cc(Cl)c(O)c(Cl)c2)c(=O)n(COCc2ccccc2)c1=O. The number of amides is 1. The highest BCUT2D eigenvalue weighted by atomic mass is 35.5. The molecule has 0 spiro atoms. The van der Waals surface area contributed by atoms with E-state index >= 15 is 0 Å². The molecule has 3 rings (SSSR count). The number of hydrogen-bond donors (Lipinski definition) is 2. The lowest BCUT2D eigenvalue weighted by Gasteiger charge is -2.12. The van der Waals surface area contributed by atoms with E-state index < -0.39 is 35.7 Å². The number of aromatic nitrogens is 3. The molecule has 1 heterocycles. The van der Waals surface area contributed by atoms with Crippen molar-refractivity contribution in [2.45, 2.75) is 13.3 Å². The van der Waals surface area contributed by atoms with Crippen LogP contribution in [-0.2, 0) is 18.1 Å². The molecule has 10 nitrogen and oxygen atoms in total. The fourth-order valence-electron chi connectivity index (χ4n) is 2.44. The summed E-state index contributed by atoms with van der Waals surface area (Å²) in [6, 6.07) is 11.4. The zero-order valence-electron chi connectivity index (χ0n) is 15.1. The number of benzene rings is 2. The maximum absolute atomic E-state index is 12.8. The molecule has 1 aromatic heterocycles. The van der Waals surface area contributed by atoms with Crippen LogP contribution in [0.5, 0.6) is 11.6 Å². The van der Waals surface area contributed by atoms with Gasteiger partial charge in [0.1, 0.15) is 6.73 Å². The molecular formula is C18H14Cl2N4O6. The maximum Gasteiger partial charge on any atom is 0.411 e. The highest BCUT2D eigenvalue weighted by Gasteiger charge is 2.19. The van der Waals surface area contributed by atoms with Gasteiger partial charge in [0.25, 0.3) is 0 Å². The van der Waals surface area contributed by atoms with Crippen LogP contribution in [0, 0.1) is 0 Å². The van der Waals surface area contributed by atoms with Crippen molar-refractivity contribution in [1.82, 2.24) is 14.3 Å². The Morgan fingerprint density at radius 1 is 1.13 bits per heavy atom. The van der Waals surface area contributed by atoms with Crippen molar-refractivity contribution in [2.75, 3.05) is 0 Å². The number of hydrogen-bond acceptors (Lipinski definition) is 7. The molecule has 0 saturated heterocycles. The lowest BCUT2D eigenvalue weighted by Crippen LogP contribution is -2.42. The van der Waals surface area contributed by atoms with E-state index in [0.717, 1.165) is 5.56 Å². The van der Waals surface area contributed by atoms with E-state index in [0.29, 0.717) is 9.25 Å². The number of halogens is 2. The van der Waals surface area contributed by atoms with Gasteiger partial charge in [-0.25, -0.2) is 14.2 Å². The first-order valence-corrected chi connectivity index (χ1v) is 9.05. The topological polar surface area (TPSA) is 139 Å². The summed E-state index contributed by atoms with van der Waals surface area (Å²) in [4.78, 5) is 36.5. The summed E-state index contributed by atoms with van der Waals surface area (Å²) in [5, 5.41) is 13.1. The minimum Gasteiger partial charge on any atom is -0.505 e. The predicted molar refractivity (Wildman–Crippen MR) is 107 cm³/mol. The molecule has 0 aliphatic carbocycles. The molecular weight excluding hydrogens is 439 g/mol. The van der Waals surface area contributed by atoms with Gasteiger partial charge in [0.15, 0.2) is 5.75 Å². The number of ether oxygens (including phenoxy) is 2. The van der Waals surface area contributed by atoms with Crippen LogP contribution >= 0.6 is 23.2 Å². The molecule has 0 bridgehead atoms. The second kappa shape index (κ2) is 8.99. The Balaban J connectivity index is 2.05. The van der Waals surface area contributed by atoms with Gasteiger partial charge >= 0.3 is 23.2 Å². The first-order valence-electron chi connectivity index (χ1n) is 8.29. The van der Waals surface area contributed by atoms with Crippen LogP contribution in [0.25, 0.3) is 5.69 Å². The molecule has 0 fully saturated rings. The third kappa shape index (κ3) is 4.62. The van der Waals surface area contributed by atoms with Crippen LogP contribution in [0.1, 0.15) is 5.56 Å². The number of aromatic hydroxyl groups is 1. The van der Waals surface area contributed by atoms with Gasteiger partial charge in [-0.1, -0.05) is 53.5 Å². The van der Waals surface area contributed by atoms with E-state index in [4.69, 9.17) is 33.7 Å². The molecule has 0 aliphatic heterocycles. The molecule has 0 atom stereocenters. The summed E-state index contributed by atoms with van der Waals surface area (Å²) in [7, 11) is 0. The Hall–Kier alpha value is -3.34. The molecule has 0 radical (unpaired) electrons. The molecule has 3 N–H and O–H groups in total. The Labute approximate surface area is 178 Å². The lowest BCUT2D eigenvalue weighted by molar-refractivity contribution is 0.0569. The van der Waals surface area contributed by atoms with Crippen LogP contribution in [0.15, 0.2) is 52.1 Å². The van der Waals surface area contributed by atoms with Crippen LogP contribution < -0.4 is 21.7 Å². The standard InChI is InChI=1S/C18H14Cl2N4O6/c19-12-6-11(7-13(20)14(12)25)24-18(28)23(16(26)15(22-24)30-17(21)27)9-29-8-10-4-2-1-3-5-10/h1-7,25H,8-9H2,(H2,21,27). The highest BCUT2D eigenvalue weighted by molar-refractivity contribution is 6.37. The summed E-state index contributed by atoms with van der Waals surface area (Å²) in [5.74, 6) is -1.16. The van der Waals surface area contributed by atoms with Crippen molar-refractivity contribution in [3.8, 4) is 17.3 Å². The van der Waals surface area contributed by atoms with Crippen molar-refractivity contribution in [3.63, 3.8) is 0 Å². The maximum atomic E-state index is 12.8. The normalized spacial score (nSPS) is 10.7. The van der Waals surface area contributed by atoms with Gasteiger partial charge in [0.05, 0.1) is 22.3 Å². The Bertz CT molecular complexity index is 1190. The summed E-state index contributed by atoms with van der Waals surface area (Å²) in [6.45, 7) is -0.359. The number of nitrogens with two attached hydrogens (primary N) is 1. The molecule has 0 unspecified atom stereocenters. The van der Waals surface area contributed by atoms with Crippen molar-refractivity contribution >= 4 is 29.3 Å². The van der Waals surface area contributed by atoms with Gasteiger partial charge in [-0.2, -0.15) is 4.68 Å². The van der Waals surface area contributed by atoms with E-state index in [-0.39, 0.29) is 22.3 Å². The van der Waals surface area contributed by atoms with Gasteiger partial charge in [-0.15, -0.1) is 5.10 Å². The second-order valence-electron chi connectivity index (χ2n) is 5.87. The van der Waals surface area contributed by atoms with Crippen molar-refractivity contribution in [2.24, 2.45) is 5.73 Å². The van der Waals surface area contributed by atoms with Crippen LogP contribution in [0.2, 0.25) is 10.0 Å². The van der Waals surface area contributed by atoms with Crippen molar-refractivity contribution < 1.29 is 19.4 Å². The van der Waals surface area contributed by atoms with E-state index in [1.54, 1.807) is 24.3 Å². The largest absolute Gasteiger partial charge is 0.505 e. The smallest absolute Gasteiger partial charge is 0.411 e. The number of primary amides is 1. The van der Waals surface area contributed by atoms with Crippen LogP contribution in [0.3, 0.4) is 0 Å². The van der Waals surface area contributed by atoms with Crippen LogP contribution in [-0.4, -0.2) is 25.5 Å². The first kappa shape index (κ1) is 21.4. The van der Waals surface area contributed by atoms with Gasteiger partial charge in [-0.3, -0.25) is 4.79 Å². The average molecular weight is 453 g/mol. The Morgan fingerprint density at radius 3 is 2.37 bits per heavy atom. The second-order valence-corrected chi connectivity index (χ2v) is 6.69. The summed E-state index contributed by atoms with van der Waals surface area (Å²) in [6.07, 6.45) is -1.30. The van der Waals surface area contributed by atoms with Crippen molar-refractivity contribution in [3.05, 3.63) is 78.9 Å². The number of carbonyl (C=O) groups excluding carboxylic acids is 1. The van der Waals surface area contributed by atoms with Gasteiger partial charge < -0.3 is 20.3 Å². The number of nitrogens with zero attached hydrogens (tertiary/aromatic N) is 3. The molecule has 156 valence electrons. The lowest BCUT2D eigenvalue weighted by atomic mass is 10.2. The first-order chi connectivity index (χ1) is 14.3. The number of phenols is 1. The van der Waals surface area contributed by atoms with Crippen molar-refractivity contribution in [1.29, 1.82) is 0 Å². The van der Waals surface area contributed by atoms with E-state index in [1.807, 2.05) is 6.07 Å². The average Bonchev–Trinajstić information content (AvgIpc) is 2.71. The van der Waals surface area contributed by atoms with Crippen LogP contribution in [0.4, 0.5) is 4.79 Å². The third-order valence-corrected chi connectivity index (χ3v) is 4.38. The summed E-state index contributed by atoms with van der Waals surface area (Å²) < 4.78 is 11.4. The number of phenolic OH excluding ortho intramolecular Hbond substituents is 1. The minimum atomic E-state index is -1.30. The van der Waals surface area contributed by atoms with Gasteiger partial charge in [-0.05, 0) is 17.7 Å². The van der Waals surface area contributed by atoms with Gasteiger partial charge in [0, 0.05) is 0 Å². The molecule has 30 heavy (non-hydrogen) atoms. The zero-order valence-corrected chi connectivity index (χ0v) is 16.6. The Kier molecular flexibility index (Phi) is 6.40. The molecule has 1 amide bonds. The monoisotopic (exact) mass is 452 g/mol. The molecule has 0 saturated carbocycles. The fraction of sp³-hybridized carbons (Fsp3) is 0.111. The third-order valence-electron chi connectivity index (χ3n) is 3.81. The highest BCUT2D eigenvalue weighted by Crippen LogP contribution is 2.33. The van der Waals surface area contributed by atoms with Gasteiger partial charge in [0.2, 0.25) is 0 Å². The number of carbonyl (C=O) groups is 1. The minimum absolute atomic E-state index is 0.000991.